The number of hydrogen-bond acceptors (Lipinski definition) is 4. The van der Waals surface area contributed by atoms with Crippen LogP contribution in [-0.2, 0) is 14.8 Å². The fourth-order valence-electron chi connectivity index (χ4n) is 2.75. The summed E-state index contributed by atoms with van der Waals surface area (Å²) >= 11 is 0. The standard InChI is InChI=1S/C15H20F3NO4S/c1-19(24(20,21)13-7-9-23-10-8-13)14(15(16,17)18)11-3-5-12(22-2)6-4-11/h3-6,13-14H,7-10H2,1-2H3/t14-/m1/s1. The van der Waals surface area contributed by atoms with Crippen LogP contribution >= 0.6 is 0 Å². The molecule has 136 valence electrons. The number of methoxy groups -OCH3 is 1. The largest absolute Gasteiger partial charge is 0.497 e. The molecule has 0 bridgehead atoms. The Hall–Kier alpha value is -1.32. The first-order valence-corrected chi connectivity index (χ1v) is 8.93. The van der Waals surface area contributed by atoms with E-state index in [9.17, 15) is 21.6 Å². The van der Waals surface area contributed by atoms with Crippen LogP contribution < -0.4 is 4.74 Å². The lowest BCUT2D eigenvalue weighted by Crippen LogP contribution is -2.45. The Morgan fingerprint density at radius 3 is 2.21 bits per heavy atom. The molecule has 0 amide bonds. The minimum atomic E-state index is -4.73. The molecule has 0 aromatic heterocycles. The summed E-state index contributed by atoms with van der Waals surface area (Å²) in [5.74, 6) is 0.398. The van der Waals surface area contributed by atoms with Crippen molar-refractivity contribution in [3.63, 3.8) is 0 Å². The molecule has 2 rings (SSSR count). The summed E-state index contributed by atoms with van der Waals surface area (Å²) in [4.78, 5) is 0. The first kappa shape index (κ1) is 19.0. The minimum absolute atomic E-state index is 0.151. The summed E-state index contributed by atoms with van der Waals surface area (Å²) in [5, 5.41) is -0.862. The van der Waals surface area contributed by atoms with Crippen molar-refractivity contribution in [2.24, 2.45) is 0 Å². The number of alkyl halides is 3. The normalized spacial score (nSPS) is 18.6. The third-order valence-corrected chi connectivity index (χ3v) is 6.42. The molecule has 24 heavy (non-hydrogen) atoms. The highest BCUT2D eigenvalue weighted by atomic mass is 32.2. The fourth-order valence-corrected chi connectivity index (χ4v) is 4.54. The number of halogens is 3. The van der Waals surface area contributed by atoms with Gasteiger partial charge < -0.3 is 9.47 Å². The smallest absolute Gasteiger partial charge is 0.409 e. The van der Waals surface area contributed by atoms with Crippen molar-refractivity contribution in [3.8, 4) is 5.75 Å². The molecule has 1 heterocycles. The van der Waals surface area contributed by atoms with Gasteiger partial charge in [-0.2, -0.15) is 17.5 Å². The van der Waals surface area contributed by atoms with Crippen LogP contribution in [0, 0.1) is 0 Å². The van der Waals surface area contributed by atoms with E-state index in [0.29, 0.717) is 10.1 Å². The zero-order valence-corrected chi connectivity index (χ0v) is 14.2. The van der Waals surface area contributed by atoms with Gasteiger partial charge in [0.2, 0.25) is 10.0 Å². The van der Waals surface area contributed by atoms with Gasteiger partial charge >= 0.3 is 6.18 Å². The van der Waals surface area contributed by atoms with Crippen LogP contribution in [0.4, 0.5) is 13.2 Å². The Kier molecular flexibility index (Phi) is 5.77. The Morgan fingerprint density at radius 1 is 1.21 bits per heavy atom. The SMILES string of the molecule is COc1ccc([C@@H](N(C)S(=O)(=O)C2CCOCC2)C(F)(F)F)cc1. The Balaban J connectivity index is 2.36. The molecule has 9 heteroatoms. The number of benzene rings is 1. The van der Waals surface area contributed by atoms with E-state index >= 15 is 0 Å². The number of sulfonamides is 1. The minimum Gasteiger partial charge on any atom is -0.497 e. The number of nitrogens with zero attached hydrogens (tertiary/aromatic N) is 1. The highest BCUT2D eigenvalue weighted by Gasteiger charge is 2.49. The van der Waals surface area contributed by atoms with Crippen LogP contribution in [0.25, 0.3) is 0 Å². The average Bonchev–Trinajstić information content (AvgIpc) is 2.55. The molecule has 0 saturated carbocycles. The van der Waals surface area contributed by atoms with E-state index in [2.05, 4.69) is 0 Å². The highest BCUT2D eigenvalue weighted by molar-refractivity contribution is 7.89. The quantitative estimate of drug-likeness (QED) is 0.803. The Morgan fingerprint density at radius 2 is 1.75 bits per heavy atom. The predicted molar refractivity (Wildman–Crippen MR) is 82.3 cm³/mol. The van der Waals surface area contributed by atoms with Gasteiger partial charge in [-0.25, -0.2) is 8.42 Å². The summed E-state index contributed by atoms with van der Waals surface area (Å²) in [5.41, 5.74) is -0.151. The van der Waals surface area contributed by atoms with E-state index in [1.54, 1.807) is 0 Å². The van der Waals surface area contributed by atoms with Crippen molar-refractivity contribution in [1.82, 2.24) is 4.31 Å². The molecular weight excluding hydrogens is 347 g/mol. The zero-order valence-electron chi connectivity index (χ0n) is 13.4. The fraction of sp³-hybridized carbons (Fsp3) is 0.600. The number of ether oxygens (including phenoxy) is 2. The maximum atomic E-state index is 13.6. The van der Waals surface area contributed by atoms with Gasteiger partial charge in [0.15, 0.2) is 0 Å². The number of rotatable bonds is 5. The molecule has 1 aliphatic rings. The van der Waals surface area contributed by atoms with Gasteiger partial charge in [0.05, 0.1) is 12.4 Å². The van der Waals surface area contributed by atoms with Crippen molar-refractivity contribution in [2.75, 3.05) is 27.4 Å². The summed E-state index contributed by atoms with van der Waals surface area (Å²) in [6.45, 7) is 0.466. The van der Waals surface area contributed by atoms with Crippen LogP contribution in [-0.4, -0.2) is 51.5 Å². The molecule has 1 saturated heterocycles. The van der Waals surface area contributed by atoms with Gasteiger partial charge in [-0.1, -0.05) is 12.1 Å². The molecule has 1 atom stereocenters. The van der Waals surface area contributed by atoms with E-state index in [-0.39, 0.29) is 31.6 Å². The van der Waals surface area contributed by atoms with Crippen molar-refractivity contribution >= 4 is 10.0 Å². The topological polar surface area (TPSA) is 55.8 Å². The second-order valence-electron chi connectivity index (χ2n) is 5.59. The van der Waals surface area contributed by atoms with Gasteiger partial charge in [0.1, 0.15) is 11.8 Å². The maximum absolute atomic E-state index is 13.6. The van der Waals surface area contributed by atoms with E-state index in [1.807, 2.05) is 0 Å². The van der Waals surface area contributed by atoms with E-state index in [1.165, 1.54) is 31.4 Å². The Bertz CT molecular complexity index is 640. The average molecular weight is 367 g/mol. The third kappa shape index (κ3) is 4.01. The lowest BCUT2D eigenvalue weighted by atomic mass is 10.1. The maximum Gasteiger partial charge on any atom is 0.409 e. The first-order valence-electron chi connectivity index (χ1n) is 7.43. The van der Waals surface area contributed by atoms with Gasteiger partial charge in [0.25, 0.3) is 0 Å². The molecule has 1 fully saturated rings. The van der Waals surface area contributed by atoms with Crippen LogP contribution in [0.3, 0.4) is 0 Å². The summed E-state index contributed by atoms with van der Waals surface area (Å²) in [6.07, 6.45) is -4.35. The molecule has 0 aliphatic carbocycles. The van der Waals surface area contributed by atoms with Crippen LogP contribution in [0.5, 0.6) is 5.75 Å². The van der Waals surface area contributed by atoms with Crippen molar-refractivity contribution in [3.05, 3.63) is 29.8 Å². The van der Waals surface area contributed by atoms with Gasteiger partial charge in [-0.05, 0) is 30.5 Å². The second kappa shape index (κ2) is 7.28. The van der Waals surface area contributed by atoms with Crippen LogP contribution in [0.15, 0.2) is 24.3 Å². The van der Waals surface area contributed by atoms with Gasteiger partial charge in [-0.3, -0.25) is 0 Å². The van der Waals surface area contributed by atoms with E-state index in [0.717, 1.165) is 7.05 Å². The van der Waals surface area contributed by atoms with Crippen molar-refractivity contribution in [1.29, 1.82) is 0 Å². The highest BCUT2D eigenvalue weighted by Crippen LogP contribution is 2.40. The summed E-state index contributed by atoms with van der Waals surface area (Å²) < 4.78 is 76.4. The molecule has 0 radical (unpaired) electrons. The molecule has 1 aromatic carbocycles. The molecule has 0 unspecified atom stereocenters. The van der Waals surface area contributed by atoms with E-state index < -0.39 is 27.5 Å². The lowest BCUT2D eigenvalue weighted by molar-refractivity contribution is -0.171. The second-order valence-corrected chi connectivity index (χ2v) is 7.86. The summed E-state index contributed by atoms with van der Waals surface area (Å²) in [6, 6.07) is 2.97. The molecule has 0 N–H and O–H groups in total. The van der Waals surface area contributed by atoms with Crippen molar-refractivity contribution < 1.29 is 31.1 Å². The van der Waals surface area contributed by atoms with Gasteiger partial charge in [0, 0.05) is 20.3 Å². The molecule has 5 nitrogen and oxygen atoms in total. The number of hydrogen-bond donors (Lipinski definition) is 0. The van der Waals surface area contributed by atoms with E-state index in [4.69, 9.17) is 9.47 Å². The zero-order chi connectivity index (χ0) is 18.0. The third-order valence-electron chi connectivity index (χ3n) is 4.10. The summed E-state index contributed by atoms with van der Waals surface area (Å²) in [7, 11) is -1.73. The first-order chi connectivity index (χ1) is 11.2. The molecule has 1 aliphatic heterocycles. The lowest BCUT2D eigenvalue weighted by Gasteiger charge is -2.33. The predicted octanol–water partition coefficient (Wildman–Crippen LogP) is 2.74. The van der Waals surface area contributed by atoms with Crippen LogP contribution in [0.2, 0.25) is 0 Å². The molecule has 1 aromatic rings. The Labute approximate surface area is 139 Å². The van der Waals surface area contributed by atoms with Crippen LogP contribution in [0.1, 0.15) is 24.4 Å². The van der Waals surface area contributed by atoms with Gasteiger partial charge in [-0.15, -0.1) is 0 Å². The molecule has 0 spiro atoms. The van der Waals surface area contributed by atoms with Crippen molar-refractivity contribution in [2.45, 2.75) is 30.3 Å². The molecular formula is C15H20F3NO4S. The monoisotopic (exact) mass is 367 g/mol.